The topological polar surface area (TPSA) is 58.4 Å². The number of aromatic nitrogens is 2. The molecule has 0 N–H and O–H groups in total. The number of amides is 2. The van der Waals surface area contributed by atoms with Gasteiger partial charge >= 0.3 is 0 Å². The van der Waals surface area contributed by atoms with Gasteiger partial charge in [0.2, 0.25) is 5.91 Å². The van der Waals surface area contributed by atoms with E-state index in [1.165, 1.54) is 0 Å². The average Bonchev–Trinajstić information content (AvgIpc) is 3.10. The van der Waals surface area contributed by atoms with Gasteiger partial charge in [0.15, 0.2) is 5.69 Å². The maximum absolute atomic E-state index is 13.0. The zero-order chi connectivity index (χ0) is 20.5. The zero-order valence-electron chi connectivity index (χ0n) is 16.5. The Hall–Kier alpha value is -2.86. The summed E-state index contributed by atoms with van der Waals surface area (Å²) in [6.45, 7) is 3.95. The third-order valence-electron chi connectivity index (χ3n) is 5.58. The summed E-state index contributed by atoms with van der Waals surface area (Å²) in [5.74, 6) is -0.253. The predicted octanol–water partition coefficient (Wildman–Crippen LogP) is 3.31. The minimum atomic E-state index is -0.241. The van der Waals surface area contributed by atoms with E-state index in [0.717, 1.165) is 16.5 Å². The molecule has 4 rings (SSSR count). The Labute approximate surface area is 174 Å². The summed E-state index contributed by atoms with van der Waals surface area (Å²) in [5, 5.41) is 5.94. The quantitative estimate of drug-likeness (QED) is 0.665. The molecule has 0 saturated carbocycles. The fourth-order valence-electron chi connectivity index (χ4n) is 3.82. The second-order valence-corrected chi connectivity index (χ2v) is 7.82. The molecule has 0 spiro atoms. The minimum Gasteiger partial charge on any atom is -0.339 e. The van der Waals surface area contributed by atoms with E-state index in [4.69, 9.17) is 11.6 Å². The number of hydrogen-bond donors (Lipinski definition) is 0. The molecule has 1 aliphatic rings. The van der Waals surface area contributed by atoms with Gasteiger partial charge in [-0.2, -0.15) is 5.10 Å². The van der Waals surface area contributed by atoms with E-state index in [-0.39, 0.29) is 17.7 Å². The molecular formula is C22H23ClN4O2. The first-order chi connectivity index (χ1) is 14.0. The van der Waals surface area contributed by atoms with Crippen molar-refractivity contribution in [2.75, 3.05) is 26.2 Å². The van der Waals surface area contributed by atoms with Crippen molar-refractivity contribution in [3.63, 3.8) is 0 Å². The van der Waals surface area contributed by atoms with Gasteiger partial charge in [-0.1, -0.05) is 41.9 Å². The highest BCUT2D eigenvalue weighted by Gasteiger charge is 2.29. The van der Waals surface area contributed by atoms with Crippen LogP contribution in [0.4, 0.5) is 0 Å². The van der Waals surface area contributed by atoms with Crippen LogP contribution in [0.5, 0.6) is 0 Å². The molecule has 1 saturated heterocycles. The average molecular weight is 411 g/mol. The van der Waals surface area contributed by atoms with Crippen LogP contribution in [0, 0.1) is 0 Å². The molecule has 1 aliphatic heterocycles. The van der Waals surface area contributed by atoms with E-state index in [1.807, 2.05) is 55.3 Å². The highest BCUT2D eigenvalue weighted by Crippen LogP contribution is 2.23. The van der Waals surface area contributed by atoms with E-state index < -0.39 is 0 Å². The van der Waals surface area contributed by atoms with E-state index in [1.54, 1.807) is 21.7 Å². The van der Waals surface area contributed by atoms with Crippen LogP contribution in [0.1, 0.15) is 28.9 Å². The van der Waals surface area contributed by atoms with Gasteiger partial charge in [-0.15, -0.1) is 0 Å². The van der Waals surface area contributed by atoms with Gasteiger partial charge in [0.05, 0.1) is 11.4 Å². The van der Waals surface area contributed by atoms with Gasteiger partial charge in [0, 0.05) is 43.6 Å². The number of aryl methyl sites for hydroxylation is 1. The van der Waals surface area contributed by atoms with Crippen molar-refractivity contribution in [3.8, 4) is 0 Å². The molecule has 1 aromatic heterocycles. The lowest BCUT2D eigenvalue weighted by Crippen LogP contribution is -2.51. The van der Waals surface area contributed by atoms with E-state index in [2.05, 4.69) is 5.10 Å². The van der Waals surface area contributed by atoms with Crippen molar-refractivity contribution >= 4 is 34.3 Å². The van der Waals surface area contributed by atoms with Crippen LogP contribution in [0.2, 0.25) is 5.02 Å². The number of benzene rings is 2. The predicted molar refractivity (Wildman–Crippen MR) is 113 cm³/mol. The molecule has 1 fully saturated rings. The normalized spacial score (nSPS) is 15.6. The molecule has 3 aromatic rings. The van der Waals surface area contributed by atoms with Crippen LogP contribution in [-0.2, 0) is 11.8 Å². The lowest BCUT2D eigenvalue weighted by Gasteiger charge is -2.35. The third kappa shape index (κ3) is 3.72. The Morgan fingerprint density at radius 3 is 2.28 bits per heavy atom. The number of carbonyl (C=O) groups excluding carboxylic acids is 2. The number of hydrogen-bond acceptors (Lipinski definition) is 3. The molecule has 1 atom stereocenters. The summed E-state index contributed by atoms with van der Waals surface area (Å²) in [4.78, 5) is 29.5. The van der Waals surface area contributed by atoms with Gasteiger partial charge in [0.1, 0.15) is 0 Å². The van der Waals surface area contributed by atoms with Crippen LogP contribution in [-0.4, -0.2) is 57.6 Å². The summed E-state index contributed by atoms with van der Waals surface area (Å²) in [6, 6.07) is 15.1. The van der Waals surface area contributed by atoms with Crippen molar-refractivity contribution in [1.82, 2.24) is 19.6 Å². The Kier molecular flexibility index (Phi) is 5.28. The monoisotopic (exact) mass is 410 g/mol. The van der Waals surface area contributed by atoms with Crippen molar-refractivity contribution in [3.05, 3.63) is 64.8 Å². The van der Waals surface area contributed by atoms with Crippen molar-refractivity contribution in [1.29, 1.82) is 0 Å². The fraction of sp³-hybridized carbons (Fsp3) is 0.318. The van der Waals surface area contributed by atoms with Gasteiger partial charge in [-0.3, -0.25) is 14.3 Å². The van der Waals surface area contributed by atoms with Crippen LogP contribution < -0.4 is 0 Å². The Morgan fingerprint density at radius 2 is 1.59 bits per heavy atom. The third-order valence-corrected chi connectivity index (χ3v) is 5.83. The lowest BCUT2D eigenvalue weighted by atomic mass is 9.99. The molecule has 0 radical (unpaired) electrons. The molecule has 7 heteroatoms. The second-order valence-electron chi connectivity index (χ2n) is 7.38. The Balaban J connectivity index is 1.43. The SMILES string of the molecule is CC(C(=O)N1CCN(C(=O)c2nn(C)c3ccccc23)CC1)c1ccc(Cl)cc1. The molecule has 0 aliphatic carbocycles. The van der Waals surface area contributed by atoms with Crippen LogP contribution in [0.15, 0.2) is 48.5 Å². The number of fused-ring (bicyclic) bond motifs is 1. The number of carbonyl (C=O) groups is 2. The first-order valence-electron chi connectivity index (χ1n) is 9.71. The first-order valence-corrected chi connectivity index (χ1v) is 10.1. The molecular weight excluding hydrogens is 388 g/mol. The number of nitrogens with zero attached hydrogens (tertiary/aromatic N) is 4. The minimum absolute atomic E-state index is 0.0720. The molecule has 2 amide bonds. The van der Waals surface area contributed by atoms with E-state index >= 15 is 0 Å². The van der Waals surface area contributed by atoms with Gasteiger partial charge in [-0.25, -0.2) is 0 Å². The maximum Gasteiger partial charge on any atom is 0.275 e. The smallest absolute Gasteiger partial charge is 0.275 e. The standard InChI is InChI=1S/C22H23ClN4O2/c1-15(16-7-9-17(23)10-8-16)21(28)26-11-13-27(14-12-26)22(29)20-18-5-3-4-6-19(18)25(2)24-20/h3-10,15H,11-14H2,1-2H3. The molecule has 150 valence electrons. The lowest BCUT2D eigenvalue weighted by molar-refractivity contribution is -0.133. The summed E-state index contributed by atoms with van der Waals surface area (Å²) in [5.41, 5.74) is 2.34. The molecule has 2 aromatic carbocycles. The fourth-order valence-corrected chi connectivity index (χ4v) is 3.95. The van der Waals surface area contributed by atoms with E-state index in [9.17, 15) is 9.59 Å². The van der Waals surface area contributed by atoms with Gasteiger partial charge < -0.3 is 9.80 Å². The largest absolute Gasteiger partial charge is 0.339 e. The van der Waals surface area contributed by atoms with Crippen molar-refractivity contribution in [2.24, 2.45) is 7.05 Å². The second kappa shape index (κ2) is 7.87. The highest BCUT2D eigenvalue weighted by atomic mass is 35.5. The summed E-state index contributed by atoms with van der Waals surface area (Å²) in [7, 11) is 1.84. The van der Waals surface area contributed by atoms with E-state index in [0.29, 0.717) is 36.9 Å². The summed E-state index contributed by atoms with van der Waals surface area (Å²) >= 11 is 5.94. The summed E-state index contributed by atoms with van der Waals surface area (Å²) < 4.78 is 1.73. The molecule has 29 heavy (non-hydrogen) atoms. The molecule has 1 unspecified atom stereocenters. The summed E-state index contributed by atoms with van der Waals surface area (Å²) in [6.07, 6.45) is 0. The molecule has 6 nitrogen and oxygen atoms in total. The zero-order valence-corrected chi connectivity index (χ0v) is 17.3. The Morgan fingerprint density at radius 1 is 0.966 bits per heavy atom. The van der Waals surface area contributed by atoms with Crippen LogP contribution in [0.25, 0.3) is 10.9 Å². The number of halogens is 1. The van der Waals surface area contributed by atoms with Crippen molar-refractivity contribution in [2.45, 2.75) is 12.8 Å². The Bertz CT molecular complexity index is 1050. The van der Waals surface area contributed by atoms with Gasteiger partial charge in [0.25, 0.3) is 5.91 Å². The van der Waals surface area contributed by atoms with Gasteiger partial charge in [-0.05, 0) is 30.7 Å². The number of piperazine rings is 1. The molecule has 2 heterocycles. The number of para-hydroxylation sites is 1. The number of rotatable bonds is 3. The van der Waals surface area contributed by atoms with Crippen LogP contribution >= 0.6 is 11.6 Å². The first kappa shape index (κ1) is 19.5. The maximum atomic E-state index is 13.0. The van der Waals surface area contributed by atoms with Crippen LogP contribution in [0.3, 0.4) is 0 Å². The van der Waals surface area contributed by atoms with Crippen molar-refractivity contribution < 1.29 is 9.59 Å². The highest BCUT2D eigenvalue weighted by molar-refractivity contribution is 6.30. The molecule has 0 bridgehead atoms.